The fourth-order valence-corrected chi connectivity index (χ4v) is 2.92. The van der Waals surface area contributed by atoms with E-state index in [4.69, 9.17) is 10.2 Å². The summed E-state index contributed by atoms with van der Waals surface area (Å²) in [6.45, 7) is 6.29. The minimum Gasteiger partial charge on any atom is -0.406 e. The van der Waals surface area contributed by atoms with Crippen LogP contribution < -0.4 is 10.6 Å². The SMILES string of the molecule is CC(N)c1nnc(N2CCCN3CCCC3C2)o1. The summed E-state index contributed by atoms with van der Waals surface area (Å²) in [6, 6.07) is 1.09. The molecule has 3 rings (SSSR count). The first-order valence-corrected chi connectivity index (χ1v) is 6.82. The van der Waals surface area contributed by atoms with Gasteiger partial charge in [0.2, 0.25) is 5.89 Å². The Morgan fingerprint density at radius 1 is 1.28 bits per heavy atom. The maximum atomic E-state index is 5.75. The molecule has 2 unspecified atom stereocenters. The number of fused-ring (bicyclic) bond motifs is 1. The number of aromatic nitrogens is 2. The van der Waals surface area contributed by atoms with Gasteiger partial charge in [-0.25, -0.2) is 0 Å². The highest BCUT2D eigenvalue weighted by Crippen LogP contribution is 2.24. The summed E-state index contributed by atoms with van der Waals surface area (Å²) in [4.78, 5) is 4.80. The van der Waals surface area contributed by atoms with Crippen molar-refractivity contribution in [2.75, 3.05) is 31.1 Å². The van der Waals surface area contributed by atoms with E-state index in [2.05, 4.69) is 20.0 Å². The van der Waals surface area contributed by atoms with Crippen molar-refractivity contribution < 1.29 is 4.42 Å². The maximum Gasteiger partial charge on any atom is 0.318 e. The van der Waals surface area contributed by atoms with Gasteiger partial charge in [0.25, 0.3) is 0 Å². The van der Waals surface area contributed by atoms with Crippen molar-refractivity contribution in [3.63, 3.8) is 0 Å². The first kappa shape index (κ1) is 11.9. The number of anilines is 1. The van der Waals surface area contributed by atoms with E-state index in [-0.39, 0.29) is 6.04 Å². The van der Waals surface area contributed by atoms with Crippen LogP contribution in [0.1, 0.15) is 38.1 Å². The van der Waals surface area contributed by atoms with Gasteiger partial charge in [0, 0.05) is 25.7 Å². The molecule has 2 atom stereocenters. The lowest BCUT2D eigenvalue weighted by Crippen LogP contribution is -2.36. The zero-order valence-electron chi connectivity index (χ0n) is 10.9. The van der Waals surface area contributed by atoms with Gasteiger partial charge in [-0.05, 0) is 32.7 Å². The summed E-state index contributed by atoms with van der Waals surface area (Å²) >= 11 is 0. The fourth-order valence-electron chi connectivity index (χ4n) is 2.92. The average molecular weight is 251 g/mol. The summed E-state index contributed by atoms with van der Waals surface area (Å²) in [5.74, 6) is 0.525. The molecule has 6 heteroatoms. The zero-order valence-corrected chi connectivity index (χ0v) is 10.9. The number of nitrogens with two attached hydrogens (primary N) is 1. The van der Waals surface area contributed by atoms with E-state index in [9.17, 15) is 0 Å². The molecule has 6 nitrogen and oxygen atoms in total. The first-order chi connectivity index (χ1) is 8.74. The Morgan fingerprint density at radius 3 is 2.89 bits per heavy atom. The van der Waals surface area contributed by atoms with Crippen molar-refractivity contribution in [1.29, 1.82) is 0 Å². The summed E-state index contributed by atoms with van der Waals surface area (Å²) < 4.78 is 5.65. The highest BCUT2D eigenvalue weighted by molar-refractivity contribution is 5.25. The second-order valence-corrected chi connectivity index (χ2v) is 5.34. The number of rotatable bonds is 2. The summed E-state index contributed by atoms with van der Waals surface area (Å²) in [5, 5.41) is 8.14. The molecule has 2 N–H and O–H groups in total. The van der Waals surface area contributed by atoms with Crippen molar-refractivity contribution in [3.05, 3.63) is 5.89 Å². The van der Waals surface area contributed by atoms with Crippen molar-refractivity contribution in [3.8, 4) is 0 Å². The van der Waals surface area contributed by atoms with Gasteiger partial charge in [0.15, 0.2) is 0 Å². The molecule has 0 amide bonds. The molecule has 0 radical (unpaired) electrons. The van der Waals surface area contributed by atoms with E-state index in [1.165, 1.54) is 25.9 Å². The summed E-state index contributed by atoms with van der Waals surface area (Å²) in [5.41, 5.74) is 5.75. The molecule has 2 saturated heterocycles. The van der Waals surface area contributed by atoms with E-state index < -0.39 is 0 Å². The van der Waals surface area contributed by atoms with Crippen LogP contribution in [0.25, 0.3) is 0 Å². The third kappa shape index (κ3) is 2.22. The molecule has 0 bridgehead atoms. The van der Waals surface area contributed by atoms with Crippen LogP contribution in [0.15, 0.2) is 4.42 Å². The highest BCUT2D eigenvalue weighted by Gasteiger charge is 2.30. The van der Waals surface area contributed by atoms with Crippen molar-refractivity contribution >= 4 is 6.01 Å². The summed E-state index contributed by atoms with van der Waals surface area (Å²) in [6.07, 6.45) is 3.75. The second-order valence-electron chi connectivity index (χ2n) is 5.34. The molecule has 2 aliphatic rings. The number of hydrogen-bond acceptors (Lipinski definition) is 6. The van der Waals surface area contributed by atoms with Crippen LogP contribution in [-0.4, -0.2) is 47.3 Å². The van der Waals surface area contributed by atoms with Gasteiger partial charge in [-0.2, -0.15) is 0 Å². The monoisotopic (exact) mass is 251 g/mol. The Hall–Kier alpha value is -1.14. The van der Waals surface area contributed by atoms with Crippen LogP contribution >= 0.6 is 0 Å². The topological polar surface area (TPSA) is 71.4 Å². The van der Waals surface area contributed by atoms with Gasteiger partial charge in [0.05, 0.1) is 6.04 Å². The molecule has 1 aromatic heterocycles. The standard InChI is InChI=1S/C12H21N5O/c1-9(13)11-14-15-12(18-11)17-7-3-6-16-5-2-4-10(16)8-17/h9-10H,2-8,13H2,1H3. The van der Waals surface area contributed by atoms with E-state index in [0.29, 0.717) is 17.9 Å². The summed E-state index contributed by atoms with van der Waals surface area (Å²) in [7, 11) is 0. The van der Waals surface area contributed by atoms with Gasteiger partial charge < -0.3 is 15.1 Å². The van der Waals surface area contributed by atoms with E-state index in [1.54, 1.807) is 0 Å². The maximum absolute atomic E-state index is 5.75. The van der Waals surface area contributed by atoms with Crippen molar-refractivity contribution in [1.82, 2.24) is 15.1 Å². The zero-order chi connectivity index (χ0) is 12.5. The smallest absolute Gasteiger partial charge is 0.318 e. The van der Waals surface area contributed by atoms with Crippen LogP contribution in [-0.2, 0) is 0 Å². The first-order valence-electron chi connectivity index (χ1n) is 6.82. The minimum absolute atomic E-state index is 0.193. The van der Waals surface area contributed by atoms with Gasteiger partial charge in [0.1, 0.15) is 0 Å². The number of nitrogens with zero attached hydrogens (tertiary/aromatic N) is 4. The number of hydrogen-bond donors (Lipinski definition) is 1. The Bertz CT molecular complexity index is 405. The average Bonchev–Trinajstić information content (AvgIpc) is 2.95. The lowest BCUT2D eigenvalue weighted by atomic mass is 10.2. The highest BCUT2D eigenvalue weighted by atomic mass is 16.4. The van der Waals surface area contributed by atoms with E-state index >= 15 is 0 Å². The molecule has 0 aliphatic carbocycles. The molecule has 18 heavy (non-hydrogen) atoms. The molecule has 0 spiro atoms. The third-order valence-electron chi connectivity index (χ3n) is 3.89. The van der Waals surface area contributed by atoms with Gasteiger partial charge in [-0.1, -0.05) is 5.10 Å². The van der Waals surface area contributed by atoms with Crippen LogP contribution in [0.3, 0.4) is 0 Å². The predicted molar refractivity (Wildman–Crippen MR) is 68.3 cm³/mol. The Balaban J connectivity index is 1.74. The quantitative estimate of drug-likeness (QED) is 0.837. The normalized spacial score (nSPS) is 27.0. The van der Waals surface area contributed by atoms with E-state index in [0.717, 1.165) is 19.5 Å². The third-order valence-corrected chi connectivity index (χ3v) is 3.89. The molecule has 0 saturated carbocycles. The largest absolute Gasteiger partial charge is 0.406 e. The fraction of sp³-hybridized carbons (Fsp3) is 0.833. The molecular weight excluding hydrogens is 230 g/mol. The lowest BCUT2D eigenvalue weighted by molar-refractivity contribution is 0.272. The lowest BCUT2D eigenvalue weighted by Gasteiger charge is -2.24. The Morgan fingerprint density at radius 2 is 2.11 bits per heavy atom. The predicted octanol–water partition coefficient (Wildman–Crippen LogP) is 0.764. The van der Waals surface area contributed by atoms with E-state index in [1.807, 2.05) is 6.92 Å². The van der Waals surface area contributed by atoms with Crippen molar-refractivity contribution in [2.45, 2.75) is 38.3 Å². The molecule has 0 aromatic carbocycles. The molecule has 2 aliphatic heterocycles. The molecule has 1 aromatic rings. The van der Waals surface area contributed by atoms with Crippen LogP contribution in [0, 0.1) is 0 Å². The Labute approximate surface area is 107 Å². The molecule has 100 valence electrons. The Kier molecular flexibility index (Phi) is 3.22. The van der Waals surface area contributed by atoms with Gasteiger partial charge in [-0.15, -0.1) is 5.10 Å². The molecular formula is C12H21N5O. The van der Waals surface area contributed by atoms with Crippen molar-refractivity contribution in [2.24, 2.45) is 5.73 Å². The minimum atomic E-state index is -0.193. The van der Waals surface area contributed by atoms with Crippen LogP contribution in [0.5, 0.6) is 0 Å². The van der Waals surface area contributed by atoms with Crippen LogP contribution in [0.4, 0.5) is 6.01 Å². The van der Waals surface area contributed by atoms with Crippen LogP contribution in [0.2, 0.25) is 0 Å². The molecule has 2 fully saturated rings. The molecule has 3 heterocycles. The van der Waals surface area contributed by atoms with Gasteiger partial charge >= 0.3 is 6.01 Å². The second kappa shape index (κ2) is 4.85. The van der Waals surface area contributed by atoms with Gasteiger partial charge in [-0.3, -0.25) is 4.90 Å².